The molecule has 0 saturated heterocycles. The Morgan fingerprint density at radius 1 is 0.680 bits per heavy atom. The van der Waals surface area contributed by atoms with E-state index >= 15 is 0 Å². The molecule has 5 aromatic rings. The Balaban J connectivity index is 1.56. The SMILES string of the molecule is Nc1ccc2nc(-c3ccc(-c4nc5ccc(N)cc5o4)s3)oc2c1. The number of thiophene rings is 1. The second kappa shape index (κ2) is 5.09. The number of nitrogens with two attached hydrogens (primary N) is 2. The van der Waals surface area contributed by atoms with E-state index in [-0.39, 0.29) is 0 Å². The van der Waals surface area contributed by atoms with E-state index in [4.69, 9.17) is 20.3 Å². The lowest BCUT2D eigenvalue weighted by molar-refractivity contribution is 0.621. The van der Waals surface area contributed by atoms with Crippen molar-refractivity contribution in [1.29, 1.82) is 0 Å². The molecule has 0 unspecified atom stereocenters. The summed E-state index contributed by atoms with van der Waals surface area (Å²) in [7, 11) is 0. The molecule has 3 aromatic heterocycles. The van der Waals surface area contributed by atoms with Crippen molar-refractivity contribution in [1.82, 2.24) is 9.97 Å². The Bertz CT molecular complexity index is 1140. The summed E-state index contributed by atoms with van der Waals surface area (Å²) in [5.41, 5.74) is 15.7. The summed E-state index contributed by atoms with van der Waals surface area (Å²) in [6.45, 7) is 0. The minimum absolute atomic E-state index is 0.553. The molecule has 5 rings (SSSR count). The molecule has 0 amide bonds. The normalized spacial score (nSPS) is 11.5. The number of fused-ring (bicyclic) bond motifs is 2. The molecule has 122 valence electrons. The van der Waals surface area contributed by atoms with Crippen LogP contribution in [0, 0.1) is 0 Å². The van der Waals surface area contributed by atoms with E-state index in [0.717, 1.165) is 20.8 Å². The third kappa shape index (κ3) is 2.33. The highest BCUT2D eigenvalue weighted by Crippen LogP contribution is 2.36. The number of hydrogen-bond donors (Lipinski definition) is 2. The number of rotatable bonds is 2. The number of nitrogens with zero attached hydrogens (tertiary/aromatic N) is 2. The van der Waals surface area contributed by atoms with E-state index in [1.165, 1.54) is 11.3 Å². The van der Waals surface area contributed by atoms with Gasteiger partial charge in [-0.1, -0.05) is 0 Å². The lowest BCUT2D eigenvalue weighted by Crippen LogP contribution is -1.81. The van der Waals surface area contributed by atoms with Gasteiger partial charge in [0, 0.05) is 23.5 Å². The fourth-order valence-electron chi connectivity index (χ4n) is 2.66. The smallest absolute Gasteiger partial charge is 0.237 e. The fourth-order valence-corrected chi connectivity index (χ4v) is 3.52. The molecule has 4 N–H and O–H groups in total. The summed E-state index contributed by atoms with van der Waals surface area (Å²) in [6.07, 6.45) is 0. The Morgan fingerprint density at radius 3 is 1.64 bits per heavy atom. The molecule has 0 spiro atoms. The molecule has 0 bridgehead atoms. The van der Waals surface area contributed by atoms with Crippen LogP contribution in [0.4, 0.5) is 11.4 Å². The van der Waals surface area contributed by atoms with E-state index in [2.05, 4.69) is 9.97 Å². The second-order valence-electron chi connectivity index (χ2n) is 5.66. The molecule has 6 nitrogen and oxygen atoms in total. The van der Waals surface area contributed by atoms with Crippen LogP contribution >= 0.6 is 11.3 Å². The molecule has 3 heterocycles. The highest BCUT2D eigenvalue weighted by Gasteiger charge is 2.15. The van der Waals surface area contributed by atoms with Crippen molar-refractivity contribution in [3.63, 3.8) is 0 Å². The third-order valence-corrected chi connectivity index (χ3v) is 4.91. The van der Waals surface area contributed by atoms with E-state index in [1.54, 1.807) is 24.3 Å². The predicted molar refractivity (Wildman–Crippen MR) is 99.1 cm³/mol. The first-order valence-electron chi connectivity index (χ1n) is 7.58. The van der Waals surface area contributed by atoms with Crippen molar-refractivity contribution >= 4 is 44.9 Å². The molecule has 0 atom stereocenters. The van der Waals surface area contributed by atoms with Crippen molar-refractivity contribution in [3.05, 3.63) is 48.5 Å². The van der Waals surface area contributed by atoms with Crippen LogP contribution in [0.3, 0.4) is 0 Å². The third-order valence-electron chi connectivity index (χ3n) is 3.85. The van der Waals surface area contributed by atoms with Crippen LogP contribution in [-0.2, 0) is 0 Å². The van der Waals surface area contributed by atoms with E-state index < -0.39 is 0 Å². The van der Waals surface area contributed by atoms with Gasteiger partial charge in [-0.3, -0.25) is 0 Å². The first-order chi connectivity index (χ1) is 12.2. The van der Waals surface area contributed by atoms with E-state index in [0.29, 0.717) is 34.3 Å². The van der Waals surface area contributed by atoms with Gasteiger partial charge in [-0.15, -0.1) is 11.3 Å². The maximum absolute atomic E-state index is 5.81. The maximum Gasteiger partial charge on any atom is 0.237 e. The molecule has 0 aliphatic carbocycles. The van der Waals surface area contributed by atoms with Gasteiger partial charge in [0.2, 0.25) is 11.8 Å². The Morgan fingerprint density at radius 2 is 1.16 bits per heavy atom. The number of oxazole rings is 2. The highest BCUT2D eigenvalue weighted by atomic mass is 32.1. The van der Waals surface area contributed by atoms with Gasteiger partial charge in [0.05, 0.1) is 9.75 Å². The maximum atomic E-state index is 5.81. The van der Waals surface area contributed by atoms with Crippen molar-refractivity contribution in [3.8, 4) is 21.5 Å². The van der Waals surface area contributed by atoms with Crippen LogP contribution < -0.4 is 11.5 Å². The van der Waals surface area contributed by atoms with Gasteiger partial charge in [0.1, 0.15) is 11.0 Å². The summed E-state index contributed by atoms with van der Waals surface area (Å²) in [5, 5.41) is 0. The molecule has 0 saturated carbocycles. The van der Waals surface area contributed by atoms with Gasteiger partial charge in [-0.25, -0.2) is 9.97 Å². The molecule has 2 aromatic carbocycles. The summed E-state index contributed by atoms with van der Waals surface area (Å²) in [4.78, 5) is 10.8. The summed E-state index contributed by atoms with van der Waals surface area (Å²) < 4.78 is 11.6. The van der Waals surface area contributed by atoms with E-state index in [9.17, 15) is 0 Å². The Kier molecular flexibility index (Phi) is 2.86. The molecule has 0 aliphatic heterocycles. The lowest BCUT2D eigenvalue weighted by atomic mass is 10.3. The van der Waals surface area contributed by atoms with Crippen LogP contribution in [0.15, 0.2) is 57.4 Å². The molecule has 25 heavy (non-hydrogen) atoms. The largest absolute Gasteiger partial charge is 0.435 e. The van der Waals surface area contributed by atoms with Gasteiger partial charge in [0.15, 0.2) is 11.2 Å². The number of benzene rings is 2. The van der Waals surface area contributed by atoms with Gasteiger partial charge in [0.25, 0.3) is 0 Å². The average Bonchev–Trinajstić information content (AvgIpc) is 3.30. The first kappa shape index (κ1) is 14.1. The second-order valence-corrected chi connectivity index (χ2v) is 6.74. The summed E-state index contributed by atoms with van der Waals surface area (Å²) >= 11 is 1.50. The van der Waals surface area contributed by atoms with Crippen LogP contribution in [0.5, 0.6) is 0 Å². The molecule has 0 radical (unpaired) electrons. The van der Waals surface area contributed by atoms with Gasteiger partial charge in [-0.05, 0) is 36.4 Å². The standard InChI is InChI=1S/C18H12N4O2S/c19-9-1-3-11-13(7-9)23-17(21-11)15-5-6-16(25-15)18-22-12-4-2-10(20)8-14(12)24-18/h1-8H,19-20H2. The number of anilines is 2. The van der Waals surface area contributed by atoms with Crippen LogP contribution in [0.25, 0.3) is 43.7 Å². The average molecular weight is 348 g/mol. The number of hydrogen-bond acceptors (Lipinski definition) is 7. The van der Waals surface area contributed by atoms with Crippen LogP contribution in [-0.4, -0.2) is 9.97 Å². The van der Waals surface area contributed by atoms with Crippen molar-refractivity contribution in [2.45, 2.75) is 0 Å². The van der Waals surface area contributed by atoms with Crippen molar-refractivity contribution < 1.29 is 8.83 Å². The monoisotopic (exact) mass is 348 g/mol. The minimum Gasteiger partial charge on any atom is -0.435 e. The van der Waals surface area contributed by atoms with Crippen LogP contribution in [0.1, 0.15) is 0 Å². The minimum atomic E-state index is 0.553. The Hall–Kier alpha value is -3.32. The fraction of sp³-hybridized carbons (Fsp3) is 0. The number of aromatic nitrogens is 2. The predicted octanol–water partition coefficient (Wildman–Crippen LogP) is 4.53. The lowest BCUT2D eigenvalue weighted by Gasteiger charge is -1.89. The van der Waals surface area contributed by atoms with Gasteiger partial charge >= 0.3 is 0 Å². The topological polar surface area (TPSA) is 104 Å². The van der Waals surface area contributed by atoms with Crippen molar-refractivity contribution in [2.75, 3.05) is 11.5 Å². The number of nitrogen functional groups attached to an aromatic ring is 2. The summed E-state index contributed by atoms with van der Waals surface area (Å²) in [5.74, 6) is 1.11. The molecule has 7 heteroatoms. The summed E-state index contributed by atoms with van der Waals surface area (Å²) in [6, 6.07) is 14.7. The Labute approximate surface area is 145 Å². The van der Waals surface area contributed by atoms with Crippen LogP contribution in [0.2, 0.25) is 0 Å². The van der Waals surface area contributed by atoms with Gasteiger partial charge in [-0.2, -0.15) is 0 Å². The van der Waals surface area contributed by atoms with Crippen molar-refractivity contribution in [2.24, 2.45) is 0 Å². The zero-order chi connectivity index (χ0) is 17.0. The van der Waals surface area contributed by atoms with Gasteiger partial charge < -0.3 is 20.3 Å². The van der Waals surface area contributed by atoms with E-state index in [1.807, 2.05) is 24.3 Å². The first-order valence-corrected chi connectivity index (χ1v) is 8.40. The highest BCUT2D eigenvalue weighted by molar-refractivity contribution is 7.18. The molecular formula is C18H12N4O2S. The molecule has 0 aliphatic rings. The molecule has 0 fully saturated rings. The molecular weight excluding hydrogens is 336 g/mol. The quantitative estimate of drug-likeness (QED) is 0.454. The zero-order valence-electron chi connectivity index (χ0n) is 12.9. The zero-order valence-corrected chi connectivity index (χ0v) is 13.7.